The van der Waals surface area contributed by atoms with E-state index in [1.54, 1.807) is 6.92 Å². The van der Waals surface area contributed by atoms with Crippen molar-refractivity contribution >= 4 is 18.4 Å². The van der Waals surface area contributed by atoms with Crippen LogP contribution in [-0.4, -0.2) is 34.1 Å². The third-order valence-corrected chi connectivity index (χ3v) is 1.38. The van der Waals surface area contributed by atoms with Crippen molar-refractivity contribution in [2.45, 2.75) is 13.5 Å². The average Bonchev–Trinajstić information content (AvgIpc) is 2.54. The summed E-state index contributed by atoms with van der Waals surface area (Å²) < 4.78 is 6.24. The fraction of sp³-hybridized carbons (Fsp3) is 0.571. The van der Waals surface area contributed by atoms with E-state index >= 15 is 0 Å². The molecule has 1 rings (SSSR count). The number of esters is 1. The molecule has 0 unspecified atom stereocenters. The zero-order valence-electron chi connectivity index (χ0n) is 7.84. The summed E-state index contributed by atoms with van der Waals surface area (Å²) in [6.45, 7) is 3.09. The summed E-state index contributed by atoms with van der Waals surface area (Å²) in [6.07, 6.45) is 1.52. The lowest BCUT2D eigenvalue weighted by atomic mass is 10.5. The molecule has 7 heteroatoms. The second kappa shape index (κ2) is 6.33. The Kier molecular flexibility index (Phi) is 5.82. The summed E-state index contributed by atoms with van der Waals surface area (Å²) >= 11 is 0. The highest BCUT2D eigenvalue weighted by molar-refractivity contribution is 5.86. The van der Waals surface area contributed by atoms with E-state index < -0.39 is 5.97 Å². The molecule has 0 aliphatic heterocycles. The van der Waals surface area contributed by atoms with Crippen molar-refractivity contribution in [2.24, 2.45) is 5.73 Å². The molecule has 6 nitrogen and oxygen atoms in total. The molecular formula is C7H13ClN4O2. The summed E-state index contributed by atoms with van der Waals surface area (Å²) in [5.41, 5.74) is 5.52. The van der Waals surface area contributed by atoms with Crippen molar-refractivity contribution < 1.29 is 9.53 Å². The van der Waals surface area contributed by atoms with Crippen LogP contribution in [0.25, 0.3) is 0 Å². The van der Waals surface area contributed by atoms with Gasteiger partial charge in [0.25, 0.3) is 0 Å². The first-order chi connectivity index (χ1) is 6.27. The van der Waals surface area contributed by atoms with Gasteiger partial charge in [-0.05, 0) is 6.92 Å². The van der Waals surface area contributed by atoms with E-state index in [9.17, 15) is 4.79 Å². The van der Waals surface area contributed by atoms with E-state index in [2.05, 4.69) is 10.3 Å². The maximum atomic E-state index is 11.1. The number of ether oxygens (including phenoxy) is 1. The molecule has 80 valence electrons. The third-order valence-electron chi connectivity index (χ3n) is 1.38. The van der Waals surface area contributed by atoms with Gasteiger partial charge in [-0.15, -0.1) is 17.5 Å². The molecule has 1 aromatic heterocycles. The number of rotatable bonds is 4. The minimum Gasteiger partial charge on any atom is -0.461 e. The Hall–Kier alpha value is -1.14. The van der Waals surface area contributed by atoms with Crippen LogP contribution in [0.2, 0.25) is 0 Å². The summed E-state index contributed by atoms with van der Waals surface area (Å²) in [5.74, 6) is -0.453. The molecule has 0 radical (unpaired) electrons. The quantitative estimate of drug-likeness (QED) is 0.713. The predicted molar refractivity (Wildman–Crippen MR) is 52.3 cm³/mol. The lowest BCUT2D eigenvalue weighted by molar-refractivity contribution is 0.0519. The molecular weight excluding hydrogens is 208 g/mol. The van der Waals surface area contributed by atoms with Gasteiger partial charge >= 0.3 is 5.97 Å². The van der Waals surface area contributed by atoms with E-state index in [0.717, 1.165) is 0 Å². The number of carbonyl (C=O) groups excluding carboxylic acids is 1. The predicted octanol–water partition coefficient (Wildman–Crippen LogP) is -0.165. The van der Waals surface area contributed by atoms with E-state index in [1.165, 1.54) is 10.9 Å². The standard InChI is InChI=1S/C7H12N4O2.ClH/c1-2-13-7(12)6-5-11(4-3-8)10-9-6;/h5H,2-4,8H2,1H3;1H. The van der Waals surface area contributed by atoms with Crippen molar-refractivity contribution in [1.82, 2.24) is 15.0 Å². The summed E-state index contributed by atoms with van der Waals surface area (Å²) in [5, 5.41) is 7.33. The van der Waals surface area contributed by atoms with E-state index in [1.807, 2.05) is 0 Å². The van der Waals surface area contributed by atoms with Crippen molar-refractivity contribution in [1.29, 1.82) is 0 Å². The van der Waals surface area contributed by atoms with Gasteiger partial charge in [0.1, 0.15) is 0 Å². The fourth-order valence-corrected chi connectivity index (χ4v) is 0.839. The Morgan fingerprint density at radius 1 is 1.71 bits per heavy atom. The van der Waals surface area contributed by atoms with Gasteiger partial charge < -0.3 is 10.5 Å². The Morgan fingerprint density at radius 3 is 3.00 bits per heavy atom. The van der Waals surface area contributed by atoms with Crippen molar-refractivity contribution in [3.63, 3.8) is 0 Å². The number of carbonyl (C=O) groups is 1. The molecule has 0 saturated heterocycles. The van der Waals surface area contributed by atoms with Gasteiger partial charge in [0.05, 0.1) is 19.3 Å². The molecule has 2 N–H and O–H groups in total. The number of nitrogens with two attached hydrogens (primary N) is 1. The number of hydrogen-bond acceptors (Lipinski definition) is 5. The van der Waals surface area contributed by atoms with Crippen LogP contribution in [-0.2, 0) is 11.3 Å². The lowest BCUT2D eigenvalue weighted by Gasteiger charge is -1.95. The highest BCUT2D eigenvalue weighted by Crippen LogP contribution is 1.95. The molecule has 0 aliphatic carbocycles. The Bertz CT molecular complexity index is 289. The minimum absolute atomic E-state index is 0. The number of aromatic nitrogens is 3. The van der Waals surface area contributed by atoms with Crippen LogP contribution in [0.1, 0.15) is 17.4 Å². The lowest BCUT2D eigenvalue weighted by Crippen LogP contribution is -2.10. The maximum absolute atomic E-state index is 11.1. The van der Waals surface area contributed by atoms with Gasteiger partial charge in [-0.3, -0.25) is 4.68 Å². The molecule has 0 atom stereocenters. The molecule has 0 spiro atoms. The van der Waals surface area contributed by atoms with Crippen LogP contribution >= 0.6 is 12.4 Å². The van der Waals surface area contributed by atoms with E-state index in [-0.39, 0.29) is 18.1 Å². The van der Waals surface area contributed by atoms with Gasteiger partial charge in [-0.1, -0.05) is 5.21 Å². The van der Waals surface area contributed by atoms with Crippen molar-refractivity contribution in [3.05, 3.63) is 11.9 Å². The molecule has 1 aromatic rings. The van der Waals surface area contributed by atoms with Crippen LogP contribution < -0.4 is 5.73 Å². The first-order valence-corrected chi connectivity index (χ1v) is 4.05. The van der Waals surface area contributed by atoms with Crippen LogP contribution in [0.3, 0.4) is 0 Å². The molecule has 14 heavy (non-hydrogen) atoms. The normalized spacial score (nSPS) is 9.29. The molecule has 0 bridgehead atoms. The maximum Gasteiger partial charge on any atom is 0.360 e. The molecule has 0 aromatic carbocycles. The molecule has 1 heterocycles. The third kappa shape index (κ3) is 3.31. The topological polar surface area (TPSA) is 83.0 Å². The SMILES string of the molecule is CCOC(=O)c1cn(CCN)nn1.Cl. The monoisotopic (exact) mass is 220 g/mol. The van der Waals surface area contributed by atoms with Gasteiger partial charge in [0, 0.05) is 6.54 Å². The molecule has 0 amide bonds. The van der Waals surface area contributed by atoms with Crippen LogP contribution in [0, 0.1) is 0 Å². The summed E-state index contributed by atoms with van der Waals surface area (Å²) in [7, 11) is 0. The van der Waals surface area contributed by atoms with Crippen LogP contribution in [0.5, 0.6) is 0 Å². The van der Waals surface area contributed by atoms with Gasteiger partial charge in [-0.2, -0.15) is 0 Å². The fourth-order valence-electron chi connectivity index (χ4n) is 0.839. The Labute approximate surface area is 87.8 Å². The number of hydrogen-bond donors (Lipinski definition) is 1. The first-order valence-electron chi connectivity index (χ1n) is 4.05. The molecule has 0 aliphatic rings. The second-order valence-corrected chi connectivity index (χ2v) is 2.38. The minimum atomic E-state index is -0.453. The van der Waals surface area contributed by atoms with Crippen molar-refractivity contribution in [2.75, 3.05) is 13.2 Å². The van der Waals surface area contributed by atoms with Crippen LogP contribution in [0.4, 0.5) is 0 Å². The van der Waals surface area contributed by atoms with E-state index in [0.29, 0.717) is 19.7 Å². The smallest absolute Gasteiger partial charge is 0.360 e. The molecule has 0 fully saturated rings. The molecule has 0 saturated carbocycles. The summed E-state index contributed by atoms with van der Waals surface area (Å²) in [4.78, 5) is 11.1. The van der Waals surface area contributed by atoms with Gasteiger partial charge in [0.15, 0.2) is 5.69 Å². The van der Waals surface area contributed by atoms with Gasteiger partial charge in [0.2, 0.25) is 0 Å². The van der Waals surface area contributed by atoms with Gasteiger partial charge in [-0.25, -0.2) is 4.79 Å². The van der Waals surface area contributed by atoms with E-state index in [4.69, 9.17) is 10.5 Å². The Morgan fingerprint density at radius 2 is 2.43 bits per heavy atom. The summed E-state index contributed by atoms with van der Waals surface area (Å²) in [6, 6.07) is 0. The average molecular weight is 221 g/mol. The number of nitrogens with zero attached hydrogens (tertiary/aromatic N) is 3. The highest BCUT2D eigenvalue weighted by Gasteiger charge is 2.10. The zero-order valence-corrected chi connectivity index (χ0v) is 8.66. The number of halogens is 1. The highest BCUT2D eigenvalue weighted by atomic mass is 35.5. The zero-order chi connectivity index (χ0) is 9.68. The largest absolute Gasteiger partial charge is 0.461 e. The first kappa shape index (κ1) is 12.9. The van der Waals surface area contributed by atoms with Crippen LogP contribution in [0.15, 0.2) is 6.20 Å². The second-order valence-electron chi connectivity index (χ2n) is 2.38. The Balaban J connectivity index is 0.00000169. The van der Waals surface area contributed by atoms with Crippen molar-refractivity contribution in [3.8, 4) is 0 Å².